The highest BCUT2D eigenvalue weighted by Gasteiger charge is 2.45. The number of hydrogen-bond acceptors (Lipinski definition) is 3. The van der Waals surface area contributed by atoms with Crippen LogP contribution < -0.4 is 0 Å². The summed E-state index contributed by atoms with van der Waals surface area (Å²) in [6.45, 7) is 0.940. The van der Waals surface area contributed by atoms with E-state index < -0.39 is 5.97 Å². The van der Waals surface area contributed by atoms with E-state index in [0.29, 0.717) is 16.3 Å². The first kappa shape index (κ1) is 7.74. The summed E-state index contributed by atoms with van der Waals surface area (Å²) < 4.78 is 0. The van der Waals surface area contributed by atoms with Crippen molar-refractivity contribution in [3.63, 3.8) is 0 Å². The highest BCUT2D eigenvalue weighted by Crippen LogP contribution is 2.50. The summed E-state index contributed by atoms with van der Waals surface area (Å²) in [4.78, 5) is 13.1. The number of thioether (sulfide) groups is 1. The topological polar surface area (TPSA) is 40.5 Å². The number of rotatable bonds is 1. The summed E-state index contributed by atoms with van der Waals surface area (Å²) in [6, 6.07) is 0. The quantitative estimate of drug-likeness (QED) is 0.687. The molecular weight excluding hydrogens is 186 g/mol. The fourth-order valence-corrected chi connectivity index (χ4v) is 3.85. The van der Waals surface area contributed by atoms with E-state index in [1.807, 2.05) is 11.8 Å². The molecule has 13 heavy (non-hydrogen) atoms. The zero-order chi connectivity index (χ0) is 9.00. The normalized spacial score (nSPS) is 35.8. The van der Waals surface area contributed by atoms with Crippen LogP contribution in [0.15, 0.2) is 11.3 Å². The molecule has 70 valence electrons. The summed E-state index contributed by atoms with van der Waals surface area (Å²) >= 11 is 1.96. The molecule has 2 atom stereocenters. The molecule has 1 N–H and O–H groups in total. The molecule has 2 aliphatic heterocycles. The molecule has 3 nitrogen and oxygen atoms in total. The third kappa shape index (κ3) is 0.894. The van der Waals surface area contributed by atoms with Gasteiger partial charge in [0.25, 0.3) is 0 Å². The summed E-state index contributed by atoms with van der Waals surface area (Å²) in [7, 11) is 0. The van der Waals surface area contributed by atoms with Gasteiger partial charge in [-0.25, -0.2) is 4.79 Å². The Hall–Kier alpha value is -0.640. The fraction of sp³-hybridized carbons (Fsp3) is 0.667. The van der Waals surface area contributed by atoms with E-state index in [9.17, 15) is 4.79 Å². The molecule has 2 heterocycles. The van der Waals surface area contributed by atoms with Crippen molar-refractivity contribution < 1.29 is 9.90 Å². The first-order chi connectivity index (χ1) is 6.27. The second kappa shape index (κ2) is 2.44. The first-order valence-corrected chi connectivity index (χ1v) is 5.60. The molecule has 0 aromatic carbocycles. The number of hydrogen-bond donors (Lipinski definition) is 1. The second-order valence-electron chi connectivity index (χ2n) is 3.78. The zero-order valence-corrected chi connectivity index (χ0v) is 8.01. The number of fused-ring (bicyclic) bond motifs is 2. The maximum Gasteiger partial charge on any atom is 0.352 e. The minimum absolute atomic E-state index is 0.472. The van der Waals surface area contributed by atoms with Crippen LogP contribution in [-0.4, -0.2) is 33.1 Å². The van der Waals surface area contributed by atoms with E-state index >= 15 is 0 Å². The van der Waals surface area contributed by atoms with Crippen molar-refractivity contribution in [3.05, 3.63) is 11.3 Å². The van der Waals surface area contributed by atoms with Gasteiger partial charge in [0.05, 0.1) is 5.37 Å². The molecule has 2 fully saturated rings. The smallest absolute Gasteiger partial charge is 0.352 e. The van der Waals surface area contributed by atoms with E-state index in [1.54, 1.807) is 0 Å². The number of nitrogens with zero attached hydrogens (tertiary/aromatic N) is 1. The molecule has 1 saturated heterocycles. The maximum atomic E-state index is 11.0. The van der Waals surface area contributed by atoms with Crippen LogP contribution in [0.4, 0.5) is 0 Å². The van der Waals surface area contributed by atoms with Crippen LogP contribution >= 0.6 is 11.8 Å². The van der Waals surface area contributed by atoms with Crippen molar-refractivity contribution in [2.45, 2.75) is 29.9 Å². The lowest BCUT2D eigenvalue weighted by Crippen LogP contribution is -2.52. The SMILES string of the molecule is O=C(O)C1=C2CCC2SC2CCN12. The molecule has 0 amide bonds. The standard InChI is InChI=1S/C9H11NO2S/c11-9(12)8-5-1-2-6(5)13-7-3-4-10(7)8/h6-7H,1-4H2,(H,11,12). The highest BCUT2D eigenvalue weighted by molar-refractivity contribution is 8.00. The average Bonchev–Trinajstić information content (AvgIpc) is 1.97. The van der Waals surface area contributed by atoms with Gasteiger partial charge in [-0.15, -0.1) is 11.8 Å². The minimum Gasteiger partial charge on any atom is -0.477 e. The van der Waals surface area contributed by atoms with Gasteiger partial charge in [-0.2, -0.15) is 0 Å². The molecule has 3 rings (SSSR count). The van der Waals surface area contributed by atoms with E-state index in [2.05, 4.69) is 4.90 Å². The summed E-state index contributed by atoms with van der Waals surface area (Å²) in [6.07, 6.45) is 3.34. The number of carboxylic acid groups (broad SMARTS) is 1. The van der Waals surface area contributed by atoms with E-state index in [-0.39, 0.29) is 0 Å². The van der Waals surface area contributed by atoms with Crippen LogP contribution in [0.1, 0.15) is 19.3 Å². The van der Waals surface area contributed by atoms with Gasteiger partial charge in [-0.05, 0) is 24.8 Å². The molecule has 2 unspecified atom stereocenters. The molecule has 1 aliphatic carbocycles. The minimum atomic E-state index is -0.718. The predicted molar refractivity (Wildman–Crippen MR) is 50.4 cm³/mol. The van der Waals surface area contributed by atoms with Gasteiger partial charge in [0, 0.05) is 11.8 Å². The van der Waals surface area contributed by atoms with Crippen molar-refractivity contribution in [2.75, 3.05) is 6.54 Å². The Bertz CT molecular complexity index is 313. The van der Waals surface area contributed by atoms with Crippen LogP contribution in [0.5, 0.6) is 0 Å². The lowest BCUT2D eigenvalue weighted by Gasteiger charge is -2.51. The Morgan fingerprint density at radius 3 is 2.85 bits per heavy atom. The van der Waals surface area contributed by atoms with E-state index in [0.717, 1.165) is 19.4 Å². The number of carbonyl (C=O) groups is 1. The molecule has 0 aromatic heterocycles. The van der Waals surface area contributed by atoms with Gasteiger partial charge in [-0.3, -0.25) is 0 Å². The van der Waals surface area contributed by atoms with Crippen molar-refractivity contribution in [1.29, 1.82) is 0 Å². The summed E-state index contributed by atoms with van der Waals surface area (Å²) in [5.41, 5.74) is 1.82. The first-order valence-electron chi connectivity index (χ1n) is 4.66. The van der Waals surface area contributed by atoms with Gasteiger partial charge >= 0.3 is 5.97 Å². The van der Waals surface area contributed by atoms with Crippen molar-refractivity contribution in [3.8, 4) is 0 Å². The third-order valence-electron chi connectivity index (χ3n) is 3.14. The van der Waals surface area contributed by atoms with E-state index in [1.165, 1.54) is 12.0 Å². The number of aliphatic carboxylic acids is 1. The molecule has 0 radical (unpaired) electrons. The Morgan fingerprint density at radius 2 is 2.38 bits per heavy atom. The molecule has 0 bridgehead atoms. The fourth-order valence-electron chi connectivity index (χ4n) is 2.22. The molecule has 4 heteroatoms. The van der Waals surface area contributed by atoms with Crippen molar-refractivity contribution in [2.24, 2.45) is 0 Å². The van der Waals surface area contributed by atoms with Crippen LogP contribution in [0.25, 0.3) is 0 Å². The lowest BCUT2D eigenvalue weighted by molar-refractivity contribution is -0.135. The average molecular weight is 197 g/mol. The molecule has 3 aliphatic rings. The zero-order valence-electron chi connectivity index (χ0n) is 7.19. The molecule has 1 saturated carbocycles. The molecular formula is C9H11NO2S. The van der Waals surface area contributed by atoms with Gasteiger partial charge in [0.15, 0.2) is 0 Å². The monoisotopic (exact) mass is 197 g/mol. The Kier molecular flexibility index (Phi) is 1.45. The van der Waals surface area contributed by atoms with Gasteiger partial charge in [0.1, 0.15) is 5.70 Å². The lowest BCUT2D eigenvalue weighted by atomic mass is 9.88. The number of carboxylic acids is 1. The highest BCUT2D eigenvalue weighted by atomic mass is 32.2. The van der Waals surface area contributed by atoms with Crippen LogP contribution in [0.3, 0.4) is 0 Å². The van der Waals surface area contributed by atoms with Crippen molar-refractivity contribution in [1.82, 2.24) is 4.90 Å². The second-order valence-corrected chi connectivity index (χ2v) is 5.16. The Labute approximate surface area is 80.8 Å². The Morgan fingerprint density at radius 1 is 1.54 bits per heavy atom. The summed E-state index contributed by atoms with van der Waals surface area (Å²) in [5.74, 6) is -0.718. The van der Waals surface area contributed by atoms with Crippen LogP contribution in [0, 0.1) is 0 Å². The van der Waals surface area contributed by atoms with E-state index in [4.69, 9.17) is 5.11 Å². The molecule has 0 aromatic rings. The Balaban J connectivity index is 2.01. The van der Waals surface area contributed by atoms with Crippen LogP contribution in [-0.2, 0) is 4.79 Å². The predicted octanol–water partition coefficient (Wildman–Crippen LogP) is 1.27. The molecule has 0 spiro atoms. The third-order valence-corrected chi connectivity index (χ3v) is 4.80. The maximum absolute atomic E-state index is 11.0. The van der Waals surface area contributed by atoms with Crippen molar-refractivity contribution >= 4 is 17.7 Å². The van der Waals surface area contributed by atoms with Crippen LogP contribution in [0.2, 0.25) is 0 Å². The van der Waals surface area contributed by atoms with Gasteiger partial charge in [-0.1, -0.05) is 0 Å². The van der Waals surface area contributed by atoms with Gasteiger partial charge in [0.2, 0.25) is 0 Å². The summed E-state index contributed by atoms with van der Waals surface area (Å²) in [5, 5.41) is 10.1. The largest absolute Gasteiger partial charge is 0.477 e. The van der Waals surface area contributed by atoms with Gasteiger partial charge < -0.3 is 10.0 Å².